The topological polar surface area (TPSA) is 40.5 Å². The molecule has 1 N–H and O–H groups in total. The Morgan fingerprint density at radius 2 is 2.05 bits per heavy atom. The van der Waals surface area contributed by atoms with Gasteiger partial charge in [0.2, 0.25) is 0 Å². The molecule has 0 heterocycles. The predicted octanol–water partition coefficient (Wildman–Crippen LogP) is 4.45. The number of halogens is 2. The number of aliphatic carboxylic acids is 1. The van der Waals surface area contributed by atoms with Crippen molar-refractivity contribution in [3.05, 3.63) is 64.4 Å². The summed E-state index contributed by atoms with van der Waals surface area (Å²) in [5.74, 6) is -1.29. The quantitative estimate of drug-likeness (QED) is 0.828. The third-order valence-corrected chi connectivity index (χ3v) is 3.58. The van der Waals surface area contributed by atoms with Crippen LogP contribution in [0.25, 0.3) is 6.08 Å². The Labute approximate surface area is 130 Å². The Bertz CT molecular complexity index is 700. The van der Waals surface area contributed by atoms with Gasteiger partial charge >= 0.3 is 5.97 Å². The van der Waals surface area contributed by atoms with Gasteiger partial charge in [0, 0.05) is 23.3 Å². The first-order valence-corrected chi connectivity index (χ1v) is 6.96. The van der Waals surface area contributed by atoms with Crippen LogP contribution >= 0.6 is 15.9 Å². The zero-order chi connectivity index (χ0) is 15.4. The lowest BCUT2D eigenvalue weighted by Crippen LogP contribution is -2.10. The minimum absolute atomic E-state index is 0.295. The highest BCUT2D eigenvalue weighted by Crippen LogP contribution is 2.32. The lowest BCUT2D eigenvalue weighted by Gasteiger charge is -2.21. The standard InChI is InChI=1S/C16H13BrFNO2/c1-19(13-4-2-3-12(18)10-13)15-7-5-11(9-14(15)17)6-8-16(20)21/h2-10H,1H3,(H,20,21)/b8-6+. The number of rotatable bonds is 4. The maximum Gasteiger partial charge on any atom is 0.328 e. The van der Waals surface area contributed by atoms with Crippen molar-refractivity contribution < 1.29 is 14.3 Å². The van der Waals surface area contributed by atoms with E-state index >= 15 is 0 Å². The second-order valence-electron chi connectivity index (χ2n) is 4.42. The van der Waals surface area contributed by atoms with Crippen LogP contribution in [0.2, 0.25) is 0 Å². The van der Waals surface area contributed by atoms with E-state index in [1.54, 1.807) is 12.1 Å². The highest BCUT2D eigenvalue weighted by atomic mass is 79.9. The van der Waals surface area contributed by atoms with Crippen molar-refractivity contribution in [2.24, 2.45) is 0 Å². The highest BCUT2D eigenvalue weighted by Gasteiger charge is 2.09. The average molecular weight is 350 g/mol. The van der Waals surface area contributed by atoms with Crippen molar-refractivity contribution in [3.63, 3.8) is 0 Å². The molecule has 0 fully saturated rings. The zero-order valence-electron chi connectivity index (χ0n) is 11.3. The predicted molar refractivity (Wildman–Crippen MR) is 85.3 cm³/mol. The number of carboxylic acids is 1. The van der Waals surface area contributed by atoms with E-state index < -0.39 is 5.97 Å². The number of hydrogen-bond acceptors (Lipinski definition) is 2. The Morgan fingerprint density at radius 3 is 2.67 bits per heavy atom. The first-order chi connectivity index (χ1) is 9.97. The van der Waals surface area contributed by atoms with Crippen LogP contribution in [0.15, 0.2) is 53.0 Å². The number of hydrogen-bond donors (Lipinski definition) is 1. The SMILES string of the molecule is CN(c1cccc(F)c1)c1ccc(/C=C/C(=O)O)cc1Br. The molecule has 21 heavy (non-hydrogen) atoms. The van der Waals surface area contributed by atoms with Gasteiger partial charge in [-0.25, -0.2) is 9.18 Å². The molecule has 0 saturated heterocycles. The first-order valence-electron chi connectivity index (χ1n) is 6.17. The summed E-state index contributed by atoms with van der Waals surface area (Å²) < 4.78 is 14.1. The summed E-state index contributed by atoms with van der Waals surface area (Å²) in [7, 11) is 1.83. The third-order valence-electron chi connectivity index (χ3n) is 2.95. The van der Waals surface area contributed by atoms with E-state index in [0.29, 0.717) is 0 Å². The molecular formula is C16H13BrFNO2. The molecule has 2 rings (SSSR count). The second-order valence-corrected chi connectivity index (χ2v) is 5.28. The Morgan fingerprint density at radius 1 is 1.29 bits per heavy atom. The van der Waals surface area contributed by atoms with Crippen LogP contribution in [0.4, 0.5) is 15.8 Å². The summed E-state index contributed by atoms with van der Waals surface area (Å²) in [4.78, 5) is 12.4. The zero-order valence-corrected chi connectivity index (χ0v) is 12.8. The fraction of sp³-hybridized carbons (Fsp3) is 0.0625. The molecule has 0 bridgehead atoms. The van der Waals surface area contributed by atoms with E-state index in [9.17, 15) is 9.18 Å². The van der Waals surface area contributed by atoms with Crippen LogP contribution in [-0.2, 0) is 4.79 Å². The van der Waals surface area contributed by atoms with Crippen LogP contribution in [-0.4, -0.2) is 18.1 Å². The number of benzene rings is 2. The van der Waals surface area contributed by atoms with Crippen LogP contribution in [0.5, 0.6) is 0 Å². The van der Waals surface area contributed by atoms with Gasteiger partial charge in [0.05, 0.1) is 5.69 Å². The van der Waals surface area contributed by atoms with Gasteiger partial charge in [-0.15, -0.1) is 0 Å². The summed E-state index contributed by atoms with van der Waals surface area (Å²) in [6.45, 7) is 0. The second kappa shape index (κ2) is 6.54. The van der Waals surface area contributed by atoms with E-state index in [1.165, 1.54) is 18.2 Å². The van der Waals surface area contributed by atoms with Crippen molar-refractivity contribution in [1.29, 1.82) is 0 Å². The van der Waals surface area contributed by atoms with Crippen LogP contribution in [0.3, 0.4) is 0 Å². The molecule has 0 aliphatic heterocycles. The Balaban J connectivity index is 2.30. The van der Waals surface area contributed by atoms with E-state index in [1.807, 2.05) is 30.1 Å². The molecule has 0 unspecified atom stereocenters. The van der Waals surface area contributed by atoms with Gasteiger partial charge in [-0.3, -0.25) is 0 Å². The molecule has 2 aromatic rings. The largest absolute Gasteiger partial charge is 0.478 e. The summed E-state index contributed by atoms with van der Waals surface area (Å²) in [6, 6.07) is 11.8. The molecule has 0 aliphatic rings. The Kier molecular flexibility index (Phi) is 4.75. The van der Waals surface area contributed by atoms with Crippen molar-refractivity contribution in [1.82, 2.24) is 0 Å². The molecular weight excluding hydrogens is 337 g/mol. The van der Waals surface area contributed by atoms with Gasteiger partial charge in [0.1, 0.15) is 5.82 Å². The lowest BCUT2D eigenvalue weighted by molar-refractivity contribution is -0.131. The average Bonchev–Trinajstić information content (AvgIpc) is 2.44. The smallest absolute Gasteiger partial charge is 0.328 e. The van der Waals surface area contributed by atoms with Gasteiger partial charge < -0.3 is 10.0 Å². The maximum atomic E-state index is 13.3. The number of carboxylic acid groups (broad SMARTS) is 1. The van der Waals surface area contributed by atoms with Crippen molar-refractivity contribution in [2.75, 3.05) is 11.9 Å². The number of anilines is 2. The summed E-state index contributed by atoms with van der Waals surface area (Å²) >= 11 is 3.45. The maximum absolute atomic E-state index is 13.3. The molecule has 2 aromatic carbocycles. The van der Waals surface area contributed by atoms with E-state index in [0.717, 1.165) is 27.5 Å². The molecule has 108 valence electrons. The molecule has 5 heteroatoms. The Hall–Kier alpha value is -2.14. The van der Waals surface area contributed by atoms with E-state index in [-0.39, 0.29) is 5.82 Å². The summed E-state index contributed by atoms with van der Waals surface area (Å²) in [6.07, 6.45) is 2.59. The van der Waals surface area contributed by atoms with E-state index in [4.69, 9.17) is 5.11 Å². The van der Waals surface area contributed by atoms with Gasteiger partial charge in [-0.1, -0.05) is 12.1 Å². The monoisotopic (exact) mass is 349 g/mol. The number of nitrogens with zero attached hydrogens (tertiary/aromatic N) is 1. The van der Waals surface area contributed by atoms with Gasteiger partial charge in [0.25, 0.3) is 0 Å². The van der Waals surface area contributed by atoms with Gasteiger partial charge in [-0.2, -0.15) is 0 Å². The van der Waals surface area contributed by atoms with Crippen LogP contribution in [0, 0.1) is 5.82 Å². The normalized spacial score (nSPS) is 10.8. The van der Waals surface area contributed by atoms with Crippen LogP contribution in [0.1, 0.15) is 5.56 Å². The lowest BCUT2D eigenvalue weighted by atomic mass is 10.1. The summed E-state index contributed by atoms with van der Waals surface area (Å²) in [5, 5.41) is 8.62. The minimum atomic E-state index is -0.993. The van der Waals surface area contributed by atoms with Gasteiger partial charge in [0.15, 0.2) is 0 Å². The first kappa shape index (κ1) is 15.3. The molecule has 3 nitrogen and oxygen atoms in total. The van der Waals surface area contributed by atoms with Crippen molar-refractivity contribution >= 4 is 39.4 Å². The van der Waals surface area contributed by atoms with E-state index in [2.05, 4.69) is 15.9 Å². The molecule has 0 radical (unpaired) electrons. The molecule has 0 atom stereocenters. The fourth-order valence-corrected chi connectivity index (χ4v) is 2.55. The third kappa shape index (κ3) is 3.92. The molecule has 0 amide bonds. The summed E-state index contributed by atoms with van der Waals surface area (Å²) in [5.41, 5.74) is 2.35. The van der Waals surface area contributed by atoms with Crippen LogP contribution < -0.4 is 4.90 Å². The molecule has 0 aliphatic carbocycles. The fourth-order valence-electron chi connectivity index (χ4n) is 1.89. The minimum Gasteiger partial charge on any atom is -0.478 e. The highest BCUT2D eigenvalue weighted by molar-refractivity contribution is 9.10. The number of carbonyl (C=O) groups is 1. The molecule has 0 aromatic heterocycles. The van der Waals surface area contributed by atoms with Crippen molar-refractivity contribution in [2.45, 2.75) is 0 Å². The van der Waals surface area contributed by atoms with Crippen molar-refractivity contribution in [3.8, 4) is 0 Å². The van der Waals surface area contributed by atoms with Gasteiger partial charge in [-0.05, 0) is 57.9 Å². The molecule has 0 saturated carbocycles. The molecule has 0 spiro atoms.